The normalized spacial score (nSPS) is 12.8. The maximum absolute atomic E-state index is 9.32. The number of benzene rings is 1. The number of hydrogen-bond donors (Lipinski definition) is 2. The third-order valence-electron chi connectivity index (χ3n) is 3.74. The molecular formula is C15H15N5O. The molecule has 0 saturated heterocycles. The fourth-order valence-electron chi connectivity index (χ4n) is 2.76. The van der Waals surface area contributed by atoms with Crippen LogP contribution in [0.25, 0.3) is 11.3 Å². The number of nitrogen functional groups attached to an aromatic ring is 2. The first-order valence-corrected chi connectivity index (χ1v) is 6.67. The summed E-state index contributed by atoms with van der Waals surface area (Å²) >= 11 is 0. The number of fused-ring (bicyclic) bond motifs is 1. The third-order valence-corrected chi connectivity index (χ3v) is 3.74. The minimum Gasteiger partial charge on any atom is -0.496 e. The zero-order valence-electron chi connectivity index (χ0n) is 11.7. The zero-order chi connectivity index (χ0) is 15.0. The Balaban J connectivity index is 2.28. The molecule has 1 aliphatic rings. The van der Waals surface area contributed by atoms with Gasteiger partial charge in [0.1, 0.15) is 23.2 Å². The SMILES string of the molecule is COc1cc2c(cc1-c1nc(N)nc(N)c1C#N)CCC2. The van der Waals surface area contributed by atoms with Gasteiger partial charge < -0.3 is 16.2 Å². The predicted molar refractivity (Wildman–Crippen MR) is 79.6 cm³/mol. The molecule has 0 aliphatic heterocycles. The number of rotatable bonds is 2. The van der Waals surface area contributed by atoms with Crippen LogP contribution in [0.4, 0.5) is 11.8 Å². The Labute approximate surface area is 122 Å². The smallest absolute Gasteiger partial charge is 0.222 e. The van der Waals surface area contributed by atoms with Crippen LogP contribution in [-0.4, -0.2) is 17.1 Å². The van der Waals surface area contributed by atoms with E-state index in [-0.39, 0.29) is 17.3 Å². The summed E-state index contributed by atoms with van der Waals surface area (Å²) in [6, 6.07) is 6.07. The van der Waals surface area contributed by atoms with Crippen LogP contribution in [0, 0.1) is 11.3 Å². The Bertz CT molecular complexity index is 764. The number of hydrogen-bond acceptors (Lipinski definition) is 6. The lowest BCUT2D eigenvalue weighted by atomic mass is 10.00. The molecule has 0 bridgehead atoms. The number of aromatic nitrogens is 2. The fourth-order valence-corrected chi connectivity index (χ4v) is 2.76. The molecule has 0 atom stereocenters. The Hall–Kier alpha value is -2.81. The summed E-state index contributed by atoms with van der Waals surface area (Å²) < 4.78 is 5.45. The van der Waals surface area contributed by atoms with Gasteiger partial charge in [0, 0.05) is 5.56 Å². The highest BCUT2D eigenvalue weighted by Gasteiger charge is 2.21. The van der Waals surface area contributed by atoms with Gasteiger partial charge in [-0.1, -0.05) is 0 Å². The maximum Gasteiger partial charge on any atom is 0.222 e. The van der Waals surface area contributed by atoms with Gasteiger partial charge in [-0.25, -0.2) is 4.98 Å². The standard InChI is InChI=1S/C15H15N5O/c1-21-12-6-9-4-2-3-8(9)5-10(12)13-11(7-16)14(17)20-15(18)19-13/h5-6H,2-4H2,1H3,(H4,17,18,19,20). The second kappa shape index (κ2) is 4.94. The quantitative estimate of drug-likeness (QED) is 0.866. The topological polar surface area (TPSA) is 111 Å². The summed E-state index contributed by atoms with van der Waals surface area (Å²) in [4.78, 5) is 8.03. The number of aryl methyl sites for hydroxylation is 2. The van der Waals surface area contributed by atoms with E-state index in [2.05, 4.69) is 9.97 Å². The lowest BCUT2D eigenvalue weighted by molar-refractivity contribution is 0.416. The maximum atomic E-state index is 9.32. The van der Waals surface area contributed by atoms with Gasteiger partial charge >= 0.3 is 0 Å². The molecule has 0 spiro atoms. The van der Waals surface area contributed by atoms with E-state index in [9.17, 15) is 5.26 Å². The molecule has 6 heteroatoms. The lowest BCUT2D eigenvalue weighted by Crippen LogP contribution is -2.06. The van der Waals surface area contributed by atoms with E-state index >= 15 is 0 Å². The van der Waals surface area contributed by atoms with Crippen molar-refractivity contribution < 1.29 is 4.74 Å². The number of nitrogens with two attached hydrogens (primary N) is 2. The predicted octanol–water partition coefficient (Wildman–Crippen LogP) is 1.68. The van der Waals surface area contributed by atoms with Crippen molar-refractivity contribution in [3.05, 3.63) is 28.8 Å². The van der Waals surface area contributed by atoms with Crippen molar-refractivity contribution in [1.82, 2.24) is 9.97 Å². The van der Waals surface area contributed by atoms with Crippen LogP contribution < -0.4 is 16.2 Å². The van der Waals surface area contributed by atoms with Crippen molar-refractivity contribution in [3.63, 3.8) is 0 Å². The molecule has 1 aliphatic carbocycles. The summed E-state index contributed by atoms with van der Waals surface area (Å²) in [5.41, 5.74) is 15.4. The van der Waals surface area contributed by atoms with Crippen molar-refractivity contribution in [1.29, 1.82) is 5.26 Å². The second-order valence-electron chi connectivity index (χ2n) is 4.98. The molecule has 3 rings (SSSR count). The summed E-state index contributed by atoms with van der Waals surface area (Å²) in [5.74, 6) is 0.802. The van der Waals surface area contributed by atoms with E-state index in [4.69, 9.17) is 16.2 Å². The van der Waals surface area contributed by atoms with Crippen LogP contribution in [0.2, 0.25) is 0 Å². The summed E-state index contributed by atoms with van der Waals surface area (Å²) in [5, 5.41) is 9.32. The lowest BCUT2D eigenvalue weighted by Gasteiger charge is -2.13. The van der Waals surface area contributed by atoms with Gasteiger partial charge in [0.05, 0.1) is 12.8 Å². The van der Waals surface area contributed by atoms with E-state index in [1.807, 2.05) is 18.2 Å². The van der Waals surface area contributed by atoms with Crippen LogP contribution in [0.15, 0.2) is 12.1 Å². The van der Waals surface area contributed by atoms with Crippen molar-refractivity contribution in [2.45, 2.75) is 19.3 Å². The number of anilines is 2. The molecule has 1 heterocycles. The van der Waals surface area contributed by atoms with Crippen molar-refractivity contribution >= 4 is 11.8 Å². The van der Waals surface area contributed by atoms with Crippen molar-refractivity contribution in [2.75, 3.05) is 18.6 Å². The van der Waals surface area contributed by atoms with Crippen LogP contribution in [0.3, 0.4) is 0 Å². The molecule has 2 aromatic rings. The van der Waals surface area contributed by atoms with Gasteiger partial charge in [0.15, 0.2) is 0 Å². The molecule has 0 fully saturated rings. The van der Waals surface area contributed by atoms with E-state index in [1.54, 1.807) is 7.11 Å². The van der Waals surface area contributed by atoms with Gasteiger partial charge in [-0.2, -0.15) is 10.2 Å². The molecule has 1 aromatic carbocycles. The molecule has 21 heavy (non-hydrogen) atoms. The Morgan fingerprint density at radius 1 is 1.19 bits per heavy atom. The first-order chi connectivity index (χ1) is 10.1. The van der Waals surface area contributed by atoms with Gasteiger partial charge in [-0.3, -0.25) is 0 Å². The van der Waals surface area contributed by atoms with E-state index in [1.165, 1.54) is 11.1 Å². The highest BCUT2D eigenvalue weighted by molar-refractivity contribution is 5.78. The monoisotopic (exact) mass is 281 g/mol. The summed E-state index contributed by atoms with van der Waals surface area (Å²) in [6.07, 6.45) is 3.19. The Kier molecular flexibility index (Phi) is 3.10. The van der Waals surface area contributed by atoms with Crippen molar-refractivity contribution in [3.8, 4) is 23.1 Å². The highest BCUT2D eigenvalue weighted by atomic mass is 16.5. The van der Waals surface area contributed by atoms with Crippen LogP contribution in [-0.2, 0) is 12.8 Å². The number of ether oxygens (including phenoxy) is 1. The van der Waals surface area contributed by atoms with Gasteiger partial charge in [-0.05, 0) is 42.5 Å². The number of nitrogens with zero attached hydrogens (tertiary/aromatic N) is 3. The molecule has 4 N–H and O–H groups in total. The molecular weight excluding hydrogens is 266 g/mol. The molecule has 0 amide bonds. The molecule has 106 valence electrons. The molecule has 0 unspecified atom stereocenters. The first kappa shape index (κ1) is 13.2. The average molecular weight is 281 g/mol. The minimum absolute atomic E-state index is 0.0454. The van der Waals surface area contributed by atoms with Crippen LogP contribution in [0.5, 0.6) is 5.75 Å². The number of nitriles is 1. The Morgan fingerprint density at radius 3 is 2.57 bits per heavy atom. The molecule has 0 radical (unpaired) electrons. The highest BCUT2D eigenvalue weighted by Crippen LogP contribution is 2.37. The first-order valence-electron chi connectivity index (χ1n) is 6.67. The minimum atomic E-state index is 0.0454. The van der Waals surface area contributed by atoms with Gasteiger partial charge in [0.25, 0.3) is 0 Å². The number of methoxy groups -OCH3 is 1. The van der Waals surface area contributed by atoms with Gasteiger partial charge in [-0.15, -0.1) is 0 Å². The molecule has 1 aromatic heterocycles. The third kappa shape index (κ3) is 2.13. The summed E-state index contributed by atoms with van der Waals surface area (Å²) in [6.45, 7) is 0. The van der Waals surface area contributed by atoms with Crippen molar-refractivity contribution in [2.24, 2.45) is 0 Å². The fraction of sp³-hybridized carbons (Fsp3) is 0.267. The Morgan fingerprint density at radius 2 is 1.90 bits per heavy atom. The van der Waals surface area contributed by atoms with Crippen LogP contribution >= 0.6 is 0 Å². The van der Waals surface area contributed by atoms with E-state index in [0.717, 1.165) is 24.8 Å². The van der Waals surface area contributed by atoms with E-state index in [0.29, 0.717) is 11.4 Å². The largest absolute Gasteiger partial charge is 0.496 e. The average Bonchev–Trinajstić information content (AvgIpc) is 2.92. The zero-order valence-corrected chi connectivity index (χ0v) is 11.7. The summed E-state index contributed by atoms with van der Waals surface area (Å²) in [7, 11) is 1.60. The molecule has 0 saturated carbocycles. The van der Waals surface area contributed by atoms with Gasteiger partial charge in [0.2, 0.25) is 5.95 Å². The second-order valence-corrected chi connectivity index (χ2v) is 4.98. The molecule has 6 nitrogen and oxygen atoms in total. The van der Waals surface area contributed by atoms with E-state index < -0.39 is 0 Å². The van der Waals surface area contributed by atoms with Crippen LogP contribution in [0.1, 0.15) is 23.1 Å².